The minimum absolute atomic E-state index is 0.0363. The van der Waals surface area contributed by atoms with Crippen LogP contribution in [0, 0.1) is 0 Å². The number of carboxylic acids is 1. The maximum absolute atomic E-state index is 13.6. The molecule has 0 amide bonds. The van der Waals surface area contributed by atoms with Gasteiger partial charge in [-0.1, -0.05) is 54.6 Å². The fourth-order valence-corrected chi connectivity index (χ4v) is 4.54. The number of rotatable bonds is 9. The van der Waals surface area contributed by atoms with Gasteiger partial charge in [0.05, 0.1) is 6.42 Å². The normalized spacial score (nSPS) is 11.3. The first-order valence-corrected chi connectivity index (χ1v) is 11.6. The minimum atomic E-state index is -4.43. The first-order valence-electron chi connectivity index (χ1n) is 10.8. The number of nitrogens with one attached hydrogen (secondary N) is 1. The number of anilines is 1. The van der Waals surface area contributed by atoms with Gasteiger partial charge in [0.1, 0.15) is 17.2 Å². The van der Waals surface area contributed by atoms with Crippen LogP contribution < -0.4 is 10.1 Å². The lowest BCUT2D eigenvalue weighted by Crippen LogP contribution is -2.03. The molecule has 4 aromatic rings. The lowest BCUT2D eigenvalue weighted by Gasteiger charge is -2.09. The Balaban J connectivity index is 1.37. The molecule has 1 heterocycles. The molecule has 0 radical (unpaired) electrons. The fraction of sp³-hybridized carbons (Fsp3) is 0.148. The highest BCUT2D eigenvalue weighted by Crippen LogP contribution is 2.43. The van der Waals surface area contributed by atoms with Gasteiger partial charge < -0.3 is 15.2 Å². The molecule has 0 unspecified atom stereocenters. The summed E-state index contributed by atoms with van der Waals surface area (Å²) in [5.41, 5.74) is 3.19. The molecule has 4 rings (SSSR count). The van der Waals surface area contributed by atoms with Gasteiger partial charge in [-0.05, 0) is 47.0 Å². The Labute approximate surface area is 204 Å². The number of benzene rings is 3. The quantitative estimate of drug-likeness (QED) is 0.256. The Bertz CT molecular complexity index is 1290. The molecular weight excluding hydrogens is 475 g/mol. The zero-order chi connectivity index (χ0) is 24.8. The number of aliphatic carboxylic acids is 1. The molecule has 0 fully saturated rings. The van der Waals surface area contributed by atoms with Crippen molar-refractivity contribution in [3.63, 3.8) is 0 Å². The molecule has 0 aliphatic rings. The van der Waals surface area contributed by atoms with Gasteiger partial charge in [-0.2, -0.15) is 13.2 Å². The van der Waals surface area contributed by atoms with Crippen molar-refractivity contribution >= 4 is 23.0 Å². The summed E-state index contributed by atoms with van der Waals surface area (Å²) in [4.78, 5) is 10.7. The molecule has 0 saturated heterocycles. The molecule has 8 heteroatoms. The molecule has 0 aliphatic carbocycles. The Hall–Kier alpha value is -3.78. The molecule has 1 aromatic heterocycles. The standard InChI is InChI=1S/C27H22F3NO3S/c28-27(29,30)26-24(20-6-2-1-3-7-20)15-23(35-26)17-34-22-11-9-18(10-12-22)16-31-21-8-4-5-19(13-21)14-25(32)33/h1-13,15,31H,14,16-17H2,(H,32,33). The highest BCUT2D eigenvalue weighted by molar-refractivity contribution is 7.12. The van der Waals surface area contributed by atoms with Crippen LogP contribution >= 0.6 is 11.3 Å². The molecular formula is C27H22F3NO3S. The second kappa shape index (κ2) is 10.7. The van der Waals surface area contributed by atoms with Gasteiger partial charge in [-0.3, -0.25) is 4.79 Å². The lowest BCUT2D eigenvalue weighted by molar-refractivity contribution is -0.136. The van der Waals surface area contributed by atoms with Crippen molar-refractivity contribution in [2.75, 3.05) is 5.32 Å². The smallest absolute Gasteiger partial charge is 0.426 e. The summed E-state index contributed by atoms with van der Waals surface area (Å²) < 4.78 is 46.4. The fourth-order valence-electron chi connectivity index (χ4n) is 3.58. The molecule has 0 bridgehead atoms. The maximum atomic E-state index is 13.6. The SMILES string of the molecule is O=C(O)Cc1cccc(NCc2ccc(OCc3cc(-c4ccccc4)c(C(F)(F)F)s3)cc2)c1. The van der Waals surface area contributed by atoms with Crippen LogP contribution in [-0.4, -0.2) is 11.1 Å². The third kappa shape index (κ3) is 6.64. The molecule has 180 valence electrons. The summed E-state index contributed by atoms with van der Waals surface area (Å²) >= 11 is 0.697. The van der Waals surface area contributed by atoms with Gasteiger partial charge in [0.15, 0.2) is 0 Å². The van der Waals surface area contributed by atoms with E-state index in [1.807, 2.05) is 18.2 Å². The zero-order valence-electron chi connectivity index (χ0n) is 18.5. The topological polar surface area (TPSA) is 58.6 Å². The van der Waals surface area contributed by atoms with Crippen molar-refractivity contribution in [3.8, 4) is 16.9 Å². The highest BCUT2D eigenvalue weighted by atomic mass is 32.1. The van der Waals surface area contributed by atoms with Gasteiger partial charge in [0.25, 0.3) is 0 Å². The van der Waals surface area contributed by atoms with E-state index >= 15 is 0 Å². The molecule has 0 spiro atoms. The minimum Gasteiger partial charge on any atom is -0.488 e. The number of alkyl halides is 3. The molecule has 2 N–H and O–H groups in total. The number of ether oxygens (including phenoxy) is 1. The van der Waals surface area contributed by atoms with Crippen molar-refractivity contribution in [3.05, 3.63) is 106 Å². The Morgan fingerprint density at radius 2 is 1.66 bits per heavy atom. The predicted molar refractivity (Wildman–Crippen MR) is 131 cm³/mol. The summed E-state index contributed by atoms with van der Waals surface area (Å²) in [5, 5.41) is 12.2. The predicted octanol–water partition coefficient (Wildman–Crippen LogP) is 7.25. The number of hydrogen-bond acceptors (Lipinski definition) is 4. The summed E-state index contributed by atoms with van der Waals surface area (Å²) in [6, 6.07) is 24.6. The molecule has 3 aromatic carbocycles. The third-order valence-corrected chi connectivity index (χ3v) is 6.36. The Morgan fingerprint density at radius 1 is 0.914 bits per heavy atom. The highest BCUT2D eigenvalue weighted by Gasteiger charge is 2.36. The van der Waals surface area contributed by atoms with Crippen LogP contribution in [0.1, 0.15) is 20.9 Å². The second-order valence-corrected chi connectivity index (χ2v) is 9.01. The van der Waals surface area contributed by atoms with Gasteiger partial charge in [-0.25, -0.2) is 0 Å². The molecule has 4 nitrogen and oxygen atoms in total. The van der Waals surface area contributed by atoms with E-state index in [-0.39, 0.29) is 18.6 Å². The first kappa shape index (κ1) is 24.3. The van der Waals surface area contributed by atoms with Crippen molar-refractivity contribution in [2.24, 2.45) is 0 Å². The molecule has 35 heavy (non-hydrogen) atoms. The van der Waals surface area contributed by atoms with E-state index in [2.05, 4.69) is 5.32 Å². The van der Waals surface area contributed by atoms with Crippen LogP contribution in [0.3, 0.4) is 0 Å². The summed E-state index contributed by atoms with van der Waals surface area (Å²) in [6.07, 6.45) is -4.47. The van der Waals surface area contributed by atoms with E-state index in [0.29, 0.717) is 39.6 Å². The van der Waals surface area contributed by atoms with Crippen LogP contribution in [0.15, 0.2) is 84.9 Å². The molecule has 0 aliphatic heterocycles. The largest absolute Gasteiger partial charge is 0.488 e. The van der Waals surface area contributed by atoms with E-state index in [0.717, 1.165) is 11.3 Å². The number of hydrogen-bond donors (Lipinski definition) is 2. The molecule has 0 saturated carbocycles. The Kier molecular flexibility index (Phi) is 7.41. The summed E-state index contributed by atoms with van der Waals surface area (Å²) in [7, 11) is 0. The number of thiophene rings is 1. The van der Waals surface area contributed by atoms with Crippen LogP contribution in [-0.2, 0) is 30.5 Å². The van der Waals surface area contributed by atoms with Gasteiger partial charge >= 0.3 is 12.1 Å². The second-order valence-electron chi connectivity index (χ2n) is 7.88. The van der Waals surface area contributed by atoms with Crippen molar-refractivity contribution in [2.45, 2.75) is 25.7 Å². The van der Waals surface area contributed by atoms with Crippen LogP contribution in [0.25, 0.3) is 11.1 Å². The average Bonchev–Trinajstić information content (AvgIpc) is 3.28. The first-order chi connectivity index (χ1) is 16.8. The van der Waals surface area contributed by atoms with Crippen molar-refractivity contribution < 1.29 is 27.8 Å². The van der Waals surface area contributed by atoms with Crippen LogP contribution in [0.5, 0.6) is 5.75 Å². The van der Waals surface area contributed by atoms with E-state index in [1.54, 1.807) is 66.7 Å². The van der Waals surface area contributed by atoms with E-state index in [9.17, 15) is 18.0 Å². The van der Waals surface area contributed by atoms with Crippen molar-refractivity contribution in [1.82, 2.24) is 0 Å². The Morgan fingerprint density at radius 3 is 2.34 bits per heavy atom. The van der Waals surface area contributed by atoms with Crippen LogP contribution in [0.4, 0.5) is 18.9 Å². The third-order valence-electron chi connectivity index (χ3n) is 5.21. The number of halogens is 3. The van der Waals surface area contributed by atoms with E-state index < -0.39 is 17.0 Å². The zero-order valence-corrected chi connectivity index (χ0v) is 19.3. The van der Waals surface area contributed by atoms with Crippen molar-refractivity contribution in [1.29, 1.82) is 0 Å². The lowest BCUT2D eigenvalue weighted by atomic mass is 10.1. The summed E-state index contributed by atoms with van der Waals surface area (Å²) in [6.45, 7) is 0.561. The molecule has 0 atom stereocenters. The number of carboxylic acid groups (broad SMARTS) is 1. The maximum Gasteiger partial charge on any atom is 0.426 e. The van der Waals surface area contributed by atoms with Crippen LogP contribution in [0.2, 0.25) is 0 Å². The van der Waals surface area contributed by atoms with Gasteiger partial charge in [0.2, 0.25) is 0 Å². The number of carbonyl (C=O) groups is 1. The monoisotopic (exact) mass is 497 g/mol. The van der Waals surface area contributed by atoms with Gasteiger partial charge in [0, 0.05) is 22.7 Å². The average molecular weight is 498 g/mol. The van der Waals surface area contributed by atoms with Gasteiger partial charge in [-0.15, -0.1) is 11.3 Å². The van der Waals surface area contributed by atoms with E-state index in [4.69, 9.17) is 9.84 Å². The van der Waals surface area contributed by atoms with E-state index in [1.165, 1.54) is 0 Å². The summed E-state index contributed by atoms with van der Waals surface area (Å²) in [5.74, 6) is -0.327.